The molecule has 0 aromatic heterocycles. The van der Waals surface area contributed by atoms with E-state index >= 15 is 0 Å². The number of carboxylic acid groups (broad SMARTS) is 4. The van der Waals surface area contributed by atoms with Crippen LogP contribution in [0.3, 0.4) is 0 Å². The van der Waals surface area contributed by atoms with Gasteiger partial charge >= 0.3 is 0 Å². The van der Waals surface area contributed by atoms with Crippen LogP contribution in [0.1, 0.15) is 0 Å². The van der Waals surface area contributed by atoms with Gasteiger partial charge in [-0.15, -0.1) is 50.5 Å². The summed E-state index contributed by atoms with van der Waals surface area (Å²) in [6.07, 6.45) is 0. The SMILES string of the molecule is O=C([O-])C1(S)Nc2ccccc2O1.O=C([O-])C1(S)Nc2ccccc2O1.O=C([O-])C1(S)Nc2ccccc2O1.O=C([O-])C1(S)Nc2ccccc2O1.[W]. The van der Waals surface area contributed by atoms with Gasteiger partial charge in [0.25, 0.3) is 20.2 Å². The Balaban J connectivity index is 0.000000157. The van der Waals surface area contributed by atoms with Gasteiger partial charge in [0.15, 0.2) is 0 Å². The van der Waals surface area contributed by atoms with Gasteiger partial charge in [-0.1, -0.05) is 48.5 Å². The summed E-state index contributed by atoms with van der Waals surface area (Å²) in [5.74, 6) is -3.80. The van der Waals surface area contributed by atoms with Gasteiger partial charge in [-0.3, -0.25) is 0 Å². The quantitative estimate of drug-likeness (QED) is 0.118. The number of carbonyl (C=O) groups is 4. The molecule has 53 heavy (non-hydrogen) atoms. The summed E-state index contributed by atoms with van der Waals surface area (Å²) < 4.78 is 20.2. The van der Waals surface area contributed by atoms with Gasteiger partial charge in [0.1, 0.15) is 46.9 Å². The smallest absolute Gasteiger partial charge is 0.267 e. The van der Waals surface area contributed by atoms with Crippen molar-refractivity contribution in [1.29, 1.82) is 0 Å². The number of benzene rings is 4. The molecule has 0 saturated heterocycles. The molecule has 21 heteroatoms. The summed E-state index contributed by atoms with van der Waals surface area (Å²) in [6.45, 7) is 0. The fourth-order valence-electron chi connectivity index (χ4n) is 4.48. The van der Waals surface area contributed by atoms with Crippen LogP contribution in [0.2, 0.25) is 0 Å². The number of fused-ring (bicyclic) bond motifs is 4. The molecule has 4 aromatic carbocycles. The first-order valence-electron chi connectivity index (χ1n) is 14.5. The molecule has 0 spiro atoms. The molecule has 0 bridgehead atoms. The molecule has 0 aliphatic carbocycles. The molecule has 4 aliphatic heterocycles. The van der Waals surface area contributed by atoms with Crippen LogP contribution in [0.5, 0.6) is 23.0 Å². The standard InChI is InChI=1S/4C8H7NO3S.W/c4*10-7(11)8(13)9-5-3-1-2-4-6(5)12-8;/h4*1-4,9,13H,(H,10,11);/p-4. The van der Waals surface area contributed by atoms with Crippen LogP contribution in [-0.4, -0.2) is 44.1 Å². The van der Waals surface area contributed by atoms with E-state index in [0.29, 0.717) is 45.7 Å². The zero-order valence-electron chi connectivity index (χ0n) is 26.3. The van der Waals surface area contributed by atoms with Crippen molar-refractivity contribution < 1.29 is 79.6 Å². The summed E-state index contributed by atoms with van der Waals surface area (Å²) in [5, 5.41) is 45.8. The van der Waals surface area contributed by atoms with Gasteiger partial charge in [-0.2, -0.15) is 0 Å². The Hall–Kier alpha value is -4.75. The second-order valence-electron chi connectivity index (χ2n) is 10.6. The Labute approximate surface area is 336 Å². The minimum absolute atomic E-state index is 0. The first-order chi connectivity index (χ1) is 24.5. The van der Waals surface area contributed by atoms with E-state index in [1.807, 2.05) is 0 Å². The molecular formula is C32H24N4O12S4W-4. The fraction of sp³-hybridized carbons (Fsp3) is 0.125. The maximum atomic E-state index is 10.6. The van der Waals surface area contributed by atoms with Crippen LogP contribution < -0.4 is 60.6 Å². The Morgan fingerprint density at radius 3 is 0.717 bits per heavy atom. The Morgan fingerprint density at radius 2 is 0.566 bits per heavy atom. The van der Waals surface area contributed by atoms with Crippen molar-refractivity contribution in [2.24, 2.45) is 0 Å². The molecule has 0 amide bonds. The van der Waals surface area contributed by atoms with Crippen molar-refractivity contribution >= 4 is 97.1 Å². The van der Waals surface area contributed by atoms with E-state index in [2.05, 4.69) is 71.8 Å². The number of para-hydroxylation sites is 8. The van der Waals surface area contributed by atoms with Gasteiger partial charge in [-0.05, 0) is 48.5 Å². The number of anilines is 4. The van der Waals surface area contributed by atoms with Crippen LogP contribution in [0.15, 0.2) is 97.1 Å². The monoisotopic (exact) mass is 968 g/mol. The van der Waals surface area contributed by atoms with Crippen molar-refractivity contribution in [2.75, 3.05) is 21.3 Å². The second-order valence-corrected chi connectivity index (χ2v) is 13.1. The van der Waals surface area contributed by atoms with Gasteiger partial charge in [0.2, 0.25) is 0 Å². The van der Waals surface area contributed by atoms with E-state index in [0.717, 1.165) is 0 Å². The predicted octanol–water partition coefficient (Wildman–Crippen LogP) is -0.705. The summed E-state index contributed by atoms with van der Waals surface area (Å²) in [5.41, 5.74) is 2.40. The van der Waals surface area contributed by atoms with E-state index in [1.165, 1.54) is 0 Å². The topological polar surface area (TPSA) is 246 Å². The van der Waals surface area contributed by atoms with Gasteiger partial charge < -0.3 is 79.8 Å². The molecule has 278 valence electrons. The number of hydrogen-bond acceptors (Lipinski definition) is 20. The Bertz CT molecular complexity index is 1660. The summed E-state index contributed by atoms with van der Waals surface area (Å²) in [4.78, 5) is 42.5. The van der Waals surface area contributed by atoms with Crippen molar-refractivity contribution in [2.45, 2.75) is 20.2 Å². The largest absolute Gasteiger partial charge is 0.543 e. The van der Waals surface area contributed by atoms with Crippen molar-refractivity contribution in [3.8, 4) is 23.0 Å². The summed E-state index contributed by atoms with van der Waals surface area (Å²) in [7, 11) is 0. The molecule has 16 nitrogen and oxygen atoms in total. The van der Waals surface area contributed by atoms with Crippen LogP contribution in [-0.2, 0) is 40.2 Å². The fourth-order valence-corrected chi connectivity index (χ4v) is 5.35. The van der Waals surface area contributed by atoms with E-state index in [-0.39, 0.29) is 21.1 Å². The first kappa shape index (κ1) is 41.0. The van der Waals surface area contributed by atoms with E-state index in [9.17, 15) is 39.6 Å². The van der Waals surface area contributed by atoms with E-state index < -0.39 is 44.1 Å². The molecule has 4 atom stereocenters. The molecule has 4 aliphatic rings. The maximum absolute atomic E-state index is 10.6. The third-order valence-corrected chi connectivity index (χ3v) is 8.44. The third kappa shape index (κ3) is 9.07. The molecule has 0 saturated carbocycles. The molecule has 4 unspecified atom stereocenters. The predicted molar refractivity (Wildman–Crippen MR) is 190 cm³/mol. The molecule has 4 N–H and O–H groups in total. The summed E-state index contributed by atoms with van der Waals surface area (Å²) >= 11 is 15.3. The normalized spacial score (nSPS) is 23.9. The van der Waals surface area contributed by atoms with Crippen LogP contribution in [0.4, 0.5) is 22.7 Å². The number of ether oxygens (including phenoxy) is 4. The molecule has 0 fully saturated rings. The summed E-state index contributed by atoms with van der Waals surface area (Å²) in [6, 6.07) is 27.5. The van der Waals surface area contributed by atoms with Crippen LogP contribution in [0, 0.1) is 0 Å². The molecule has 4 heterocycles. The number of nitrogens with one attached hydrogen (secondary N) is 4. The average molecular weight is 969 g/mol. The van der Waals surface area contributed by atoms with Crippen LogP contribution >= 0.6 is 50.5 Å². The van der Waals surface area contributed by atoms with Crippen molar-refractivity contribution in [1.82, 2.24) is 0 Å². The molecule has 0 radical (unpaired) electrons. The number of carbonyl (C=O) groups excluding carboxylic acids is 4. The van der Waals surface area contributed by atoms with Crippen molar-refractivity contribution in [3.63, 3.8) is 0 Å². The Morgan fingerprint density at radius 1 is 0.396 bits per heavy atom. The average Bonchev–Trinajstić information content (AvgIpc) is 3.84. The number of aliphatic carboxylic acids is 4. The first-order valence-corrected chi connectivity index (χ1v) is 16.3. The van der Waals surface area contributed by atoms with E-state index in [4.69, 9.17) is 18.9 Å². The van der Waals surface area contributed by atoms with Gasteiger partial charge in [0, 0.05) is 21.1 Å². The molecular weight excluding hydrogens is 944 g/mol. The number of hydrogen-bond donors (Lipinski definition) is 8. The number of thiol groups is 4. The Kier molecular flexibility index (Phi) is 12.5. The molecule has 8 rings (SSSR count). The zero-order valence-corrected chi connectivity index (χ0v) is 32.8. The molecule has 4 aromatic rings. The number of carboxylic acids is 4. The minimum Gasteiger partial charge on any atom is -0.543 e. The van der Waals surface area contributed by atoms with Crippen molar-refractivity contribution in [3.05, 3.63) is 97.1 Å². The van der Waals surface area contributed by atoms with Gasteiger partial charge in [0.05, 0.1) is 22.7 Å². The maximum Gasteiger partial charge on any atom is 0.267 e. The van der Waals surface area contributed by atoms with Crippen LogP contribution in [0.25, 0.3) is 0 Å². The zero-order chi connectivity index (χ0) is 37.9. The van der Waals surface area contributed by atoms with E-state index in [1.54, 1.807) is 97.1 Å². The minimum atomic E-state index is -1.75. The number of rotatable bonds is 4. The third-order valence-electron chi connectivity index (χ3n) is 6.90. The second kappa shape index (κ2) is 16.1. The van der Waals surface area contributed by atoms with Gasteiger partial charge in [-0.25, -0.2) is 0 Å².